The minimum absolute atomic E-state index is 0.195. The number of halogens is 2. The lowest BCUT2D eigenvalue weighted by Gasteiger charge is -2.12. The lowest BCUT2D eigenvalue weighted by molar-refractivity contribution is 0.476. The quantitative estimate of drug-likeness (QED) is 0.372. The Morgan fingerprint density at radius 2 is 1.93 bits per heavy atom. The van der Waals surface area contributed by atoms with E-state index in [2.05, 4.69) is 4.98 Å². The zero-order valence-electron chi connectivity index (χ0n) is 14.1. The molecule has 2 aromatic carbocycles. The molecule has 0 fully saturated rings. The van der Waals surface area contributed by atoms with Crippen LogP contribution in [0.3, 0.4) is 0 Å². The highest BCUT2D eigenvalue weighted by Gasteiger charge is 2.14. The molecule has 0 radical (unpaired) electrons. The minimum Gasteiger partial charge on any atom is -0.467 e. The van der Waals surface area contributed by atoms with Crippen molar-refractivity contribution in [1.82, 2.24) is 9.55 Å². The topological polar surface area (TPSA) is 48.0 Å². The molecule has 7 heteroatoms. The number of fused-ring (bicyclic) bond motifs is 1. The van der Waals surface area contributed by atoms with Gasteiger partial charge in [-0.05, 0) is 35.9 Å². The Morgan fingerprint density at radius 3 is 2.70 bits per heavy atom. The first-order chi connectivity index (χ1) is 13.1. The number of thioether (sulfide) groups is 1. The molecule has 0 atom stereocenters. The highest BCUT2D eigenvalue weighted by atomic mass is 32.2. The number of hydrogen-bond donors (Lipinski definition) is 0. The summed E-state index contributed by atoms with van der Waals surface area (Å²) in [6.45, 7) is 0.220. The first-order valence-electron chi connectivity index (χ1n) is 8.20. The second kappa shape index (κ2) is 7.36. The highest BCUT2D eigenvalue weighted by Crippen LogP contribution is 2.24. The van der Waals surface area contributed by atoms with Gasteiger partial charge in [-0.2, -0.15) is 0 Å². The number of para-hydroxylation sites is 1. The van der Waals surface area contributed by atoms with Gasteiger partial charge in [0.05, 0.1) is 23.7 Å². The fourth-order valence-corrected chi connectivity index (χ4v) is 3.72. The second-order valence-electron chi connectivity index (χ2n) is 5.91. The van der Waals surface area contributed by atoms with Gasteiger partial charge in [0.1, 0.15) is 17.4 Å². The standard InChI is InChI=1S/C20H14F2N2O2S/c21-14-8-7-13(17(22)10-14)12-27-20-23-18-6-2-1-5-16(18)19(25)24(20)11-15-4-3-9-26-15/h1-10H,11-12H2. The summed E-state index contributed by atoms with van der Waals surface area (Å²) in [6, 6.07) is 14.0. The summed E-state index contributed by atoms with van der Waals surface area (Å²) in [4.78, 5) is 17.5. The molecule has 0 unspecified atom stereocenters. The van der Waals surface area contributed by atoms with Gasteiger partial charge in [0.2, 0.25) is 0 Å². The molecular weight excluding hydrogens is 370 g/mol. The molecule has 136 valence electrons. The van der Waals surface area contributed by atoms with E-state index in [1.807, 2.05) is 0 Å². The predicted molar refractivity (Wildman–Crippen MR) is 99.7 cm³/mol. The molecule has 0 saturated carbocycles. The van der Waals surface area contributed by atoms with Crippen LogP contribution in [-0.4, -0.2) is 9.55 Å². The second-order valence-corrected chi connectivity index (χ2v) is 6.85. The molecule has 27 heavy (non-hydrogen) atoms. The van der Waals surface area contributed by atoms with Crippen LogP contribution in [0.4, 0.5) is 8.78 Å². The van der Waals surface area contributed by atoms with Gasteiger partial charge >= 0.3 is 0 Å². The van der Waals surface area contributed by atoms with Crippen molar-refractivity contribution in [2.24, 2.45) is 0 Å². The van der Waals surface area contributed by atoms with E-state index in [-0.39, 0.29) is 17.9 Å². The number of benzene rings is 2. The number of rotatable bonds is 5. The van der Waals surface area contributed by atoms with E-state index in [9.17, 15) is 13.6 Å². The van der Waals surface area contributed by atoms with E-state index < -0.39 is 11.6 Å². The third kappa shape index (κ3) is 3.64. The van der Waals surface area contributed by atoms with Gasteiger partial charge in [-0.25, -0.2) is 13.8 Å². The first kappa shape index (κ1) is 17.5. The summed E-state index contributed by atoms with van der Waals surface area (Å²) >= 11 is 1.22. The molecule has 2 heterocycles. The Kier molecular flexibility index (Phi) is 4.77. The molecular formula is C20H14F2N2O2S. The van der Waals surface area contributed by atoms with Crippen molar-refractivity contribution in [2.45, 2.75) is 17.5 Å². The monoisotopic (exact) mass is 384 g/mol. The smallest absolute Gasteiger partial charge is 0.262 e. The van der Waals surface area contributed by atoms with E-state index in [1.165, 1.54) is 34.7 Å². The summed E-state index contributed by atoms with van der Waals surface area (Å²) in [6.07, 6.45) is 1.54. The summed E-state index contributed by atoms with van der Waals surface area (Å²) in [5, 5.41) is 0.945. The molecule has 0 aliphatic rings. The van der Waals surface area contributed by atoms with Crippen molar-refractivity contribution in [3.63, 3.8) is 0 Å². The van der Waals surface area contributed by atoms with Crippen LogP contribution in [0.5, 0.6) is 0 Å². The van der Waals surface area contributed by atoms with Crippen LogP contribution >= 0.6 is 11.8 Å². The Morgan fingerprint density at radius 1 is 1.07 bits per heavy atom. The zero-order valence-corrected chi connectivity index (χ0v) is 14.9. The molecule has 0 saturated heterocycles. The van der Waals surface area contributed by atoms with Crippen LogP contribution in [0.15, 0.2) is 75.2 Å². The van der Waals surface area contributed by atoms with Crippen LogP contribution in [0.25, 0.3) is 10.9 Å². The molecule has 4 nitrogen and oxygen atoms in total. The number of hydrogen-bond acceptors (Lipinski definition) is 4. The van der Waals surface area contributed by atoms with Crippen LogP contribution in [0.1, 0.15) is 11.3 Å². The van der Waals surface area contributed by atoms with Gasteiger partial charge < -0.3 is 4.42 Å². The van der Waals surface area contributed by atoms with Crippen molar-refractivity contribution in [3.05, 3.63) is 94.2 Å². The van der Waals surface area contributed by atoms with Crippen molar-refractivity contribution in [1.29, 1.82) is 0 Å². The number of aromatic nitrogens is 2. The molecule has 0 aliphatic heterocycles. The molecule has 0 bridgehead atoms. The van der Waals surface area contributed by atoms with E-state index in [4.69, 9.17) is 4.42 Å². The average Bonchev–Trinajstić information content (AvgIpc) is 3.17. The van der Waals surface area contributed by atoms with Gasteiger partial charge in [0, 0.05) is 11.8 Å². The van der Waals surface area contributed by atoms with Crippen LogP contribution < -0.4 is 5.56 Å². The largest absolute Gasteiger partial charge is 0.467 e. The van der Waals surface area contributed by atoms with E-state index in [1.54, 1.807) is 36.4 Å². The summed E-state index contributed by atoms with van der Waals surface area (Å²) in [7, 11) is 0. The lowest BCUT2D eigenvalue weighted by atomic mass is 10.2. The number of nitrogens with zero attached hydrogens (tertiary/aromatic N) is 2. The highest BCUT2D eigenvalue weighted by molar-refractivity contribution is 7.98. The van der Waals surface area contributed by atoms with Gasteiger partial charge in [0.15, 0.2) is 5.16 Å². The van der Waals surface area contributed by atoms with E-state index in [0.717, 1.165) is 6.07 Å². The molecule has 0 amide bonds. The SMILES string of the molecule is O=c1c2ccccc2nc(SCc2ccc(F)cc2F)n1Cc1ccco1. The van der Waals surface area contributed by atoms with Gasteiger partial charge in [-0.15, -0.1) is 0 Å². The van der Waals surface area contributed by atoms with E-state index >= 15 is 0 Å². The minimum atomic E-state index is -0.625. The van der Waals surface area contributed by atoms with Gasteiger partial charge in [0.25, 0.3) is 5.56 Å². The van der Waals surface area contributed by atoms with Crippen molar-refractivity contribution >= 4 is 22.7 Å². The fourth-order valence-electron chi connectivity index (χ4n) is 2.74. The van der Waals surface area contributed by atoms with E-state index in [0.29, 0.717) is 27.4 Å². The lowest BCUT2D eigenvalue weighted by Crippen LogP contribution is -2.23. The first-order valence-corrected chi connectivity index (χ1v) is 9.19. The van der Waals surface area contributed by atoms with Crippen molar-refractivity contribution in [3.8, 4) is 0 Å². The summed E-state index contributed by atoms with van der Waals surface area (Å²) in [5.41, 5.74) is 0.715. The van der Waals surface area contributed by atoms with Crippen LogP contribution in [0, 0.1) is 11.6 Å². The molecule has 0 N–H and O–H groups in total. The van der Waals surface area contributed by atoms with Gasteiger partial charge in [-0.3, -0.25) is 9.36 Å². The molecule has 4 aromatic rings. The fraction of sp³-hybridized carbons (Fsp3) is 0.100. The maximum Gasteiger partial charge on any atom is 0.262 e. The molecule has 0 aliphatic carbocycles. The predicted octanol–water partition coefficient (Wildman–Crippen LogP) is 4.61. The van der Waals surface area contributed by atoms with Gasteiger partial charge in [-0.1, -0.05) is 30.0 Å². The average molecular weight is 384 g/mol. The maximum atomic E-state index is 13.9. The Balaban J connectivity index is 1.74. The maximum absolute atomic E-state index is 13.9. The van der Waals surface area contributed by atoms with Crippen LogP contribution in [-0.2, 0) is 12.3 Å². The third-order valence-corrected chi connectivity index (χ3v) is 5.12. The Hall–Kier alpha value is -2.93. The summed E-state index contributed by atoms with van der Waals surface area (Å²) in [5.74, 6) is -0.415. The van der Waals surface area contributed by atoms with Crippen LogP contribution in [0.2, 0.25) is 0 Å². The Bertz CT molecular complexity index is 1160. The Labute approximate surface area is 157 Å². The third-order valence-electron chi connectivity index (χ3n) is 4.09. The normalized spacial score (nSPS) is 11.2. The zero-order chi connectivity index (χ0) is 18.8. The van der Waals surface area contributed by atoms with Crippen molar-refractivity contribution in [2.75, 3.05) is 0 Å². The summed E-state index contributed by atoms with van der Waals surface area (Å²) < 4.78 is 33.9. The van der Waals surface area contributed by atoms with Crippen molar-refractivity contribution < 1.29 is 13.2 Å². The number of furan rings is 1. The molecule has 4 rings (SSSR count). The molecule has 2 aromatic heterocycles. The molecule has 0 spiro atoms.